The normalized spacial score (nSPS) is 20.0. The minimum absolute atomic E-state index is 0.279. The Morgan fingerprint density at radius 2 is 1.93 bits per heavy atom. The maximum Gasteiger partial charge on any atom is 0.161 e. The number of likely N-dealkylation sites (tertiary alicyclic amines) is 1. The second-order valence-electron chi connectivity index (χ2n) is 8.04. The molecular weight excluding hydrogens is 340 g/mol. The molecule has 1 aliphatic heterocycles. The van der Waals surface area contributed by atoms with Crippen LogP contribution in [0.5, 0.6) is 11.5 Å². The van der Waals surface area contributed by atoms with Gasteiger partial charge in [-0.25, -0.2) is 0 Å². The molecule has 27 heavy (non-hydrogen) atoms. The van der Waals surface area contributed by atoms with Crippen LogP contribution in [0.3, 0.4) is 0 Å². The smallest absolute Gasteiger partial charge is 0.161 e. The predicted octanol–water partition coefficient (Wildman–Crippen LogP) is 3.30. The standard InChI is InChI=1S/C22H36N2O3/c1-4-23(5-2)16-19(25)17-27-20-9-8-18(14-21(20)26-3)15-24-13-7-6-10-22(24)11-12-22/h8-9,14,19,25H,4-7,10-13,15-17H2,1-3H3/t19-/m0/s1. The summed E-state index contributed by atoms with van der Waals surface area (Å²) >= 11 is 0. The molecule has 0 aromatic heterocycles. The number of methoxy groups -OCH3 is 1. The number of piperidine rings is 1. The zero-order valence-corrected chi connectivity index (χ0v) is 17.2. The van der Waals surface area contributed by atoms with Gasteiger partial charge in [0.2, 0.25) is 0 Å². The number of aliphatic hydroxyl groups excluding tert-OH is 1. The van der Waals surface area contributed by atoms with Crippen molar-refractivity contribution in [2.45, 2.75) is 64.1 Å². The van der Waals surface area contributed by atoms with E-state index in [1.54, 1.807) is 7.11 Å². The summed E-state index contributed by atoms with van der Waals surface area (Å²) in [6.07, 6.45) is 6.26. The van der Waals surface area contributed by atoms with Gasteiger partial charge in [0, 0.05) is 18.6 Å². The minimum atomic E-state index is -0.502. The van der Waals surface area contributed by atoms with E-state index in [9.17, 15) is 5.11 Å². The van der Waals surface area contributed by atoms with Crippen molar-refractivity contribution in [1.29, 1.82) is 0 Å². The van der Waals surface area contributed by atoms with Crippen LogP contribution in [0, 0.1) is 0 Å². The number of ether oxygens (including phenoxy) is 2. The fourth-order valence-electron chi connectivity index (χ4n) is 4.28. The molecule has 1 aliphatic carbocycles. The monoisotopic (exact) mass is 376 g/mol. The number of aliphatic hydroxyl groups is 1. The van der Waals surface area contributed by atoms with E-state index in [2.05, 4.69) is 35.8 Å². The molecule has 2 fully saturated rings. The van der Waals surface area contributed by atoms with E-state index >= 15 is 0 Å². The van der Waals surface area contributed by atoms with E-state index in [0.29, 0.717) is 17.8 Å². The van der Waals surface area contributed by atoms with Crippen LogP contribution in [0.1, 0.15) is 51.5 Å². The molecule has 1 aromatic rings. The highest BCUT2D eigenvalue weighted by Crippen LogP contribution is 2.49. The van der Waals surface area contributed by atoms with Gasteiger partial charge in [-0.05, 0) is 63.0 Å². The van der Waals surface area contributed by atoms with Crippen LogP contribution in [0.2, 0.25) is 0 Å². The Balaban J connectivity index is 1.57. The summed E-state index contributed by atoms with van der Waals surface area (Å²) in [4.78, 5) is 4.86. The Bertz CT molecular complexity index is 599. The first-order valence-corrected chi connectivity index (χ1v) is 10.6. The largest absolute Gasteiger partial charge is 0.493 e. The Hall–Kier alpha value is -1.30. The van der Waals surface area contributed by atoms with Gasteiger partial charge in [0.1, 0.15) is 12.7 Å². The van der Waals surface area contributed by atoms with Crippen molar-refractivity contribution in [2.75, 3.05) is 39.9 Å². The summed E-state index contributed by atoms with van der Waals surface area (Å²) in [5.74, 6) is 1.46. The molecule has 5 heteroatoms. The molecule has 2 aliphatic rings. The lowest BCUT2D eigenvalue weighted by molar-refractivity contribution is 0.0705. The first-order chi connectivity index (χ1) is 13.1. The first-order valence-electron chi connectivity index (χ1n) is 10.6. The number of rotatable bonds is 10. The van der Waals surface area contributed by atoms with Crippen LogP contribution >= 0.6 is 0 Å². The van der Waals surface area contributed by atoms with Crippen LogP contribution in [0.4, 0.5) is 0 Å². The Morgan fingerprint density at radius 3 is 2.59 bits per heavy atom. The quantitative estimate of drug-likeness (QED) is 0.679. The molecule has 1 N–H and O–H groups in total. The predicted molar refractivity (Wildman–Crippen MR) is 109 cm³/mol. The summed E-state index contributed by atoms with van der Waals surface area (Å²) in [6, 6.07) is 6.22. The summed E-state index contributed by atoms with van der Waals surface area (Å²) in [5, 5.41) is 10.2. The number of hydrogen-bond acceptors (Lipinski definition) is 5. The molecule has 5 nitrogen and oxygen atoms in total. The van der Waals surface area contributed by atoms with Crippen LogP contribution in [-0.4, -0.2) is 66.4 Å². The maximum absolute atomic E-state index is 10.2. The van der Waals surface area contributed by atoms with E-state index in [4.69, 9.17) is 9.47 Å². The van der Waals surface area contributed by atoms with Gasteiger partial charge in [0.25, 0.3) is 0 Å². The van der Waals surface area contributed by atoms with Gasteiger partial charge in [0.15, 0.2) is 11.5 Å². The maximum atomic E-state index is 10.2. The molecule has 0 amide bonds. The van der Waals surface area contributed by atoms with E-state index in [1.165, 1.54) is 44.2 Å². The highest BCUT2D eigenvalue weighted by atomic mass is 16.5. The van der Waals surface area contributed by atoms with Crippen molar-refractivity contribution in [2.24, 2.45) is 0 Å². The zero-order chi connectivity index (χ0) is 19.3. The van der Waals surface area contributed by atoms with Crippen LogP contribution in [0.25, 0.3) is 0 Å². The van der Waals surface area contributed by atoms with E-state index in [-0.39, 0.29) is 6.61 Å². The molecule has 152 valence electrons. The summed E-state index contributed by atoms with van der Waals surface area (Å²) in [6.45, 7) is 9.18. The highest BCUT2D eigenvalue weighted by molar-refractivity contribution is 5.43. The van der Waals surface area contributed by atoms with Crippen molar-refractivity contribution in [1.82, 2.24) is 9.80 Å². The third kappa shape index (κ3) is 5.15. The molecule has 1 saturated carbocycles. The molecule has 0 bridgehead atoms. The molecule has 3 rings (SSSR count). The lowest BCUT2D eigenvalue weighted by Gasteiger charge is -2.36. The van der Waals surface area contributed by atoms with Crippen molar-refractivity contribution >= 4 is 0 Å². The molecule has 0 unspecified atom stereocenters. The van der Waals surface area contributed by atoms with E-state index in [0.717, 1.165) is 25.4 Å². The molecule has 0 radical (unpaired) electrons. The lowest BCUT2D eigenvalue weighted by Crippen LogP contribution is -2.40. The summed E-state index contributed by atoms with van der Waals surface area (Å²) < 4.78 is 11.4. The molecule has 1 aromatic carbocycles. The van der Waals surface area contributed by atoms with E-state index in [1.807, 2.05) is 6.07 Å². The zero-order valence-electron chi connectivity index (χ0n) is 17.2. The second kappa shape index (κ2) is 9.26. The van der Waals surface area contributed by atoms with E-state index < -0.39 is 6.10 Å². The number of likely N-dealkylation sites (N-methyl/N-ethyl adjacent to an activating group) is 1. The van der Waals surface area contributed by atoms with Gasteiger partial charge in [0.05, 0.1) is 7.11 Å². The van der Waals surface area contributed by atoms with Gasteiger partial charge < -0.3 is 19.5 Å². The Kier molecular flexibility index (Phi) is 7.01. The summed E-state index contributed by atoms with van der Waals surface area (Å²) in [5.41, 5.74) is 1.77. The van der Waals surface area contributed by atoms with Crippen LogP contribution < -0.4 is 9.47 Å². The Labute approximate surface area is 164 Å². The second-order valence-corrected chi connectivity index (χ2v) is 8.04. The van der Waals surface area contributed by atoms with Crippen molar-refractivity contribution in [3.63, 3.8) is 0 Å². The average Bonchev–Trinajstić information content (AvgIpc) is 3.46. The Morgan fingerprint density at radius 1 is 1.15 bits per heavy atom. The molecule has 1 saturated heterocycles. The van der Waals surface area contributed by atoms with Crippen LogP contribution in [-0.2, 0) is 6.54 Å². The van der Waals surface area contributed by atoms with Gasteiger partial charge in [-0.2, -0.15) is 0 Å². The van der Waals surface area contributed by atoms with Gasteiger partial charge >= 0.3 is 0 Å². The molecule has 1 heterocycles. The van der Waals surface area contributed by atoms with Gasteiger partial charge in [-0.1, -0.05) is 26.3 Å². The van der Waals surface area contributed by atoms with Gasteiger partial charge in [-0.15, -0.1) is 0 Å². The SMILES string of the molecule is CCN(CC)C[C@H](O)COc1ccc(CN2CCCCC23CC3)cc1OC. The first kappa shape index (κ1) is 20.4. The number of benzene rings is 1. The molecule has 1 atom stereocenters. The molecule has 1 spiro atoms. The fourth-order valence-corrected chi connectivity index (χ4v) is 4.28. The lowest BCUT2D eigenvalue weighted by atomic mass is 9.99. The number of nitrogens with zero attached hydrogens (tertiary/aromatic N) is 2. The topological polar surface area (TPSA) is 45.2 Å². The van der Waals surface area contributed by atoms with Crippen molar-refractivity contribution < 1.29 is 14.6 Å². The highest BCUT2D eigenvalue weighted by Gasteiger charge is 2.48. The molecular formula is C22H36N2O3. The van der Waals surface area contributed by atoms with Crippen molar-refractivity contribution in [3.8, 4) is 11.5 Å². The third-order valence-electron chi connectivity index (χ3n) is 6.21. The minimum Gasteiger partial charge on any atom is -0.493 e. The van der Waals surface area contributed by atoms with Gasteiger partial charge in [-0.3, -0.25) is 4.90 Å². The fraction of sp³-hybridized carbons (Fsp3) is 0.727. The average molecular weight is 377 g/mol. The third-order valence-corrected chi connectivity index (χ3v) is 6.21. The van der Waals surface area contributed by atoms with Crippen molar-refractivity contribution in [3.05, 3.63) is 23.8 Å². The van der Waals surface area contributed by atoms with Crippen LogP contribution in [0.15, 0.2) is 18.2 Å². The summed E-state index contributed by atoms with van der Waals surface area (Å²) in [7, 11) is 1.68. The number of hydrogen-bond donors (Lipinski definition) is 1.